The molecule has 9 heteroatoms. The topological polar surface area (TPSA) is 111 Å². The van der Waals surface area contributed by atoms with Crippen LogP contribution in [0.4, 0.5) is 17.1 Å². The summed E-state index contributed by atoms with van der Waals surface area (Å²) in [7, 11) is 3.08. The highest BCUT2D eigenvalue weighted by molar-refractivity contribution is 6.06. The van der Waals surface area contributed by atoms with E-state index in [0.29, 0.717) is 46.1 Å². The molecular formula is C29H27N3O6. The molecule has 1 amide bonds. The Morgan fingerprint density at radius 2 is 1.74 bits per heavy atom. The average Bonchev–Trinajstić information content (AvgIpc) is 3.07. The predicted molar refractivity (Wildman–Crippen MR) is 143 cm³/mol. The van der Waals surface area contributed by atoms with Gasteiger partial charge in [-0.3, -0.25) is 24.6 Å². The van der Waals surface area contributed by atoms with Crippen LogP contribution in [-0.4, -0.2) is 30.8 Å². The molecule has 194 valence electrons. The third-order valence-electron chi connectivity index (χ3n) is 7.10. The first-order valence-corrected chi connectivity index (χ1v) is 12.2. The number of anilines is 2. The smallest absolute Gasteiger partial charge is 0.269 e. The fourth-order valence-electron chi connectivity index (χ4n) is 5.40. The van der Waals surface area contributed by atoms with E-state index in [1.54, 1.807) is 30.2 Å². The number of hydrogen-bond donors (Lipinski definition) is 1. The molecule has 2 aliphatic rings. The van der Waals surface area contributed by atoms with Gasteiger partial charge >= 0.3 is 0 Å². The van der Waals surface area contributed by atoms with E-state index in [4.69, 9.17) is 9.47 Å². The minimum atomic E-state index is -0.711. The Labute approximate surface area is 219 Å². The lowest BCUT2D eigenvalue weighted by atomic mass is 9.78. The van der Waals surface area contributed by atoms with Crippen molar-refractivity contribution in [2.75, 3.05) is 24.4 Å². The first-order valence-electron chi connectivity index (χ1n) is 12.2. The molecule has 38 heavy (non-hydrogen) atoms. The number of rotatable bonds is 5. The molecule has 1 N–H and O–H groups in total. The average molecular weight is 514 g/mol. The van der Waals surface area contributed by atoms with Crippen LogP contribution in [0.5, 0.6) is 11.5 Å². The Hall–Kier alpha value is -4.66. The van der Waals surface area contributed by atoms with E-state index in [-0.39, 0.29) is 29.7 Å². The van der Waals surface area contributed by atoms with E-state index < -0.39 is 11.0 Å². The standard InChI is InChI=1S/C29H27N3O6/c1-17(33)31-24-10-5-4-9-22(24)30-23-14-20(18-7-6-8-21(13-18)32(35)36)15-25(34)28(23)29(31)19-11-12-26(37-2)27(16-19)38-3/h4-13,16,20,29-30H,14-15H2,1-3H3/t20-,29-/m1/s1. The maximum absolute atomic E-state index is 13.9. The third kappa shape index (κ3) is 4.36. The molecule has 0 saturated carbocycles. The molecule has 9 nitrogen and oxygen atoms in total. The summed E-state index contributed by atoms with van der Waals surface area (Å²) in [6, 6.07) is 18.5. The van der Waals surface area contributed by atoms with Crippen LogP contribution in [0.15, 0.2) is 78.0 Å². The molecule has 0 unspecified atom stereocenters. The Kier molecular flexibility index (Phi) is 6.59. The van der Waals surface area contributed by atoms with Gasteiger partial charge in [-0.25, -0.2) is 0 Å². The first-order chi connectivity index (χ1) is 18.3. The van der Waals surface area contributed by atoms with Gasteiger partial charge in [0.25, 0.3) is 5.69 Å². The van der Waals surface area contributed by atoms with Gasteiger partial charge in [-0.1, -0.05) is 30.3 Å². The summed E-state index contributed by atoms with van der Waals surface area (Å²) >= 11 is 0. The molecule has 3 aromatic carbocycles. The molecule has 1 aliphatic carbocycles. The summed E-state index contributed by atoms with van der Waals surface area (Å²) < 4.78 is 10.9. The third-order valence-corrected chi connectivity index (χ3v) is 7.10. The van der Waals surface area contributed by atoms with Gasteiger partial charge in [0.15, 0.2) is 17.3 Å². The zero-order valence-corrected chi connectivity index (χ0v) is 21.3. The number of ether oxygens (including phenoxy) is 2. The molecule has 0 radical (unpaired) electrons. The largest absolute Gasteiger partial charge is 0.493 e. The number of non-ortho nitro benzene ring substituents is 1. The van der Waals surface area contributed by atoms with Crippen molar-refractivity contribution < 1.29 is 24.0 Å². The molecule has 3 aromatic rings. The minimum absolute atomic E-state index is 0.0140. The Morgan fingerprint density at radius 3 is 2.45 bits per heavy atom. The monoisotopic (exact) mass is 513 g/mol. The van der Waals surface area contributed by atoms with E-state index in [1.807, 2.05) is 36.4 Å². The molecule has 0 bridgehead atoms. The first kappa shape index (κ1) is 25.0. The van der Waals surface area contributed by atoms with Crippen LogP contribution in [0.2, 0.25) is 0 Å². The summed E-state index contributed by atoms with van der Waals surface area (Å²) in [5.41, 5.74) is 3.94. The second kappa shape index (κ2) is 10.0. The molecule has 2 atom stereocenters. The van der Waals surface area contributed by atoms with E-state index in [0.717, 1.165) is 5.56 Å². The molecule has 1 heterocycles. The fourth-order valence-corrected chi connectivity index (χ4v) is 5.40. The lowest BCUT2D eigenvalue weighted by Gasteiger charge is -2.34. The maximum Gasteiger partial charge on any atom is 0.269 e. The van der Waals surface area contributed by atoms with Crippen molar-refractivity contribution in [3.63, 3.8) is 0 Å². The van der Waals surface area contributed by atoms with Crippen molar-refractivity contribution in [1.82, 2.24) is 0 Å². The zero-order chi connectivity index (χ0) is 27.0. The highest BCUT2D eigenvalue weighted by Gasteiger charge is 2.41. The van der Waals surface area contributed by atoms with E-state index >= 15 is 0 Å². The normalized spacial score (nSPS) is 18.6. The van der Waals surface area contributed by atoms with E-state index in [2.05, 4.69) is 5.32 Å². The number of carbonyl (C=O) groups excluding carboxylic acids is 2. The Balaban J connectivity index is 1.69. The van der Waals surface area contributed by atoms with Crippen molar-refractivity contribution in [2.45, 2.75) is 31.7 Å². The van der Waals surface area contributed by atoms with Gasteiger partial charge in [0, 0.05) is 36.7 Å². The molecular weight excluding hydrogens is 486 g/mol. The number of fused-ring (bicyclic) bond motifs is 1. The summed E-state index contributed by atoms with van der Waals surface area (Å²) in [6.07, 6.45) is 0.611. The number of amides is 1. The quantitative estimate of drug-likeness (QED) is 0.353. The van der Waals surface area contributed by atoms with Crippen molar-refractivity contribution in [2.24, 2.45) is 0 Å². The number of allylic oxidation sites excluding steroid dienone is 1. The molecule has 5 rings (SSSR count). The summed E-state index contributed by atoms with van der Waals surface area (Å²) in [5.74, 6) is 0.415. The number of nitro groups is 1. The molecule has 0 aromatic heterocycles. The van der Waals surface area contributed by atoms with Gasteiger partial charge in [-0.2, -0.15) is 0 Å². The van der Waals surface area contributed by atoms with Gasteiger partial charge in [0.05, 0.1) is 36.6 Å². The second-order valence-electron chi connectivity index (χ2n) is 9.32. The summed E-state index contributed by atoms with van der Waals surface area (Å²) in [4.78, 5) is 39.7. The number of nitro benzene ring substituents is 1. The number of methoxy groups -OCH3 is 2. The van der Waals surface area contributed by atoms with Gasteiger partial charge in [-0.15, -0.1) is 0 Å². The Bertz CT molecular complexity index is 1480. The number of ketones is 1. The van der Waals surface area contributed by atoms with Crippen molar-refractivity contribution in [3.05, 3.63) is 99.2 Å². The maximum atomic E-state index is 13.9. The predicted octanol–water partition coefficient (Wildman–Crippen LogP) is 5.53. The van der Waals surface area contributed by atoms with Gasteiger partial charge in [0.1, 0.15) is 0 Å². The lowest BCUT2D eigenvalue weighted by Crippen LogP contribution is -2.37. The van der Waals surface area contributed by atoms with Crippen LogP contribution in [0.3, 0.4) is 0 Å². The number of para-hydroxylation sites is 2. The lowest BCUT2D eigenvalue weighted by molar-refractivity contribution is -0.384. The fraction of sp³-hybridized carbons (Fsp3) is 0.241. The van der Waals surface area contributed by atoms with Crippen molar-refractivity contribution in [3.8, 4) is 11.5 Å². The molecule has 0 saturated heterocycles. The molecule has 0 spiro atoms. The highest BCUT2D eigenvalue weighted by atomic mass is 16.6. The van der Waals surface area contributed by atoms with Gasteiger partial charge < -0.3 is 14.8 Å². The number of benzene rings is 3. The van der Waals surface area contributed by atoms with Crippen LogP contribution < -0.4 is 19.7 Å². The van der Waals surface area contributed by atoms with Crippen molar-refractivity contribution in [1.29, 1.82) is 0 Å². The van der Waals surface area contributed by atoms with Crippen LogP contribution in [-0.2, 0) is 9.59 Å². The summed E-state index contributed by atoms with van der Waals surface area (Å²) in [5, 5.41) is 14.8. The number of Topliss-reactive ketones (excluding diaryl/α,β-unsaturated/α-hetero) is 1. The number of nitrogens with zero attached hydrogens (tertiary/aromatic N) is 2. The minimum Gasteiger partial charge on any atom is -0.493 e. The second-order valence-corrected chi connectivity index (χ2v) is 9.32. The summed E-state index contributed by atoms with van der Waals surface area (Å²) in [6.45, 7) is 1.48. The number of hydrogen-bond acceptors (Lipinski definition) is 7. The van der Waals surface area contributed by atoms with Gasteiger partial charge in [0.2, 0.25) is 5.91 Å². The van der Waals surface area contributed by atoms with Crippen LogP contribution in [0.25, 0.3) is 0 Å². The highest BCUT2D eigenvalue weighted by Crippen LogP contribution is 2.48. The molecule has 1 aliphatic heterocycles. The SMILES string of the molecule is COc1ccc([C@@H]2C3=C(C[C@@H](c4cccc([N+](=O)[O-])c4)CC3=O)Nc3ccccc3N2C(C)=O)cc1OC. The van der Waals surface area contributed by atoms with Crippen LogP contribution in [0, 0.1) is 10.1 Å². The number of carbonyl (C=O) groups is 2. The van der Waals surface area contributed by atoms with E-state index in [1.165, 1.54) is 26.2 Å². The van der Waals surface area contributed by atoms with Gasteiger partial charge in [-0.05, 0) is 47.7 Å². The zero-order valence-electron chi connectivity index (χ0n) is 21.3. The van der Waals surface area contributed by atoms with Crippen LogP contribution in [0.1, 0.15) is 42.9 Å². The van der Waals surface area contributed by atoms with E-state index in [9.17, 15) is 19.7 Å². The number of nitrogens with one attached hydrogen (secondary N) is 1. The van der Waals surface area contributed by atoms with Crippen molar-refractivity contribution >= 4 is 28.8 Å². The molecule has 0 fully saturated rings. The van der Waals surface area contributed by atoms with Crippen LogP contribution >= 0.6 is 0 Å². The Morgan fingerprint density at radius 1 is 0.974 bits per heavy atom.